The smallest absolute Gasteiger partial charge is 0.329 e. The minimum atomic E-state index is -1.79. The molecule has 0 aromatic heterocycles. The molecule has 0 bridgehead atoms. The van der Waals surface area contributed by atoms with Crippen molar-refractivity contribution in [2.24, 2.45) is 5.41 Å². The molecule has 170 valence electrons. The molecule has 4 rings (SSSR count). The van der Waals surface area contributed by atoms with Crippen LogP contribution >= 0.6 is 0 Å². The molecule has 3 aromatic carbocycles. The van der Waals surface area contributed by atoms with Gasteiger partial charge in [0.1, 0.15) is 12.1 Å². The summed E-state index contributed by atoms with van der Waals surface area (Å²) in [5, 5.41) is 1.64. The molecule has 0 radical (unpaired) electrons. The summed E-state index contributed by atoms with van der Waals surface area (Å²) < 4.78 is 11.1. The lowest BCUT2D eigenvalue weighted by Gasteiger charge is -2.34. The molecule has 2 atom stereocenters. The Kier molecular flexibility index (Phi) is 6.75. The first-order chi connectivity index (χ1) is 16.1. The summed E-state index contributed by atoms with van der Waals surface area (Å²) in [6, 6.07) is 27.2. The van der Waals surface area contributed by atoms with E-state index in [4.69, 9.17) is 14.3 Å². The molecule has 0 amide bonds. The number of hydrogen-bond acceptors (Lipinski definition) is 6. The van der Waals surface area contributed by atoms with E-state index in [2.05, 4.69) is 0 Å². The van der Waals surface area contributed by atoms with Crippen molar-refractivity contribution in [2.75, 3.05) is 18.3 Å². The van der Waals surface area contributed by atoms with Gasteiger partial charge < -0.3 is 9.47 Å². The van der Waals surface area contributed by atoms with E-state index in [0.29, 0.717) is 11.3 Å². The lowest BCUT2D eigenvalue weighted by Crippen LogP contribution is -2.49. The van der Waals surface area contributed by atoms with Gasteiger partial charge in [-0.25, -0.2) is 5.06 Å². The molecule has 0 spiro atoms. The predicted octanol–water partition coefficient (Wildman–Crippen LogP) is 5.03. The number of nitrogens with zero attached hydrogens (tertiary/aromatic N) is 1. The summed E-state index contributed by atoms with van der Waals surface area (Å²) in [5.41, 5.74) is 0.339. The van der Waals surface area contributed by atoms with E-state index in [1.807, 2.05) is 91.0 Å². The van der Waals surface area contributed by atoms with Crippen molar-refractivity contribution >= 4 is 17.6 Å². The van der Waals surface area contributed by atoms with Crippen molar-refractivity contribution in [3.63, 3.8) is 0 Å². The molecule has 1 heterocycles. The van der Waals surface area contributed by atoms with Crippen LogP contribution in [0.1, 0.15) is 37.1 Å². The van der Waals surface area contributed by atoms with Crippen molar-refractivity contribution in [1.29, 1.82) is 0 Å². The van der Waals surface area contributed by atoms with Crippen molar-refractivity contribution in [3.05, 3.63) is 102 Å². The first-order valence-corrected chi connectivity index (χ1v) is 11.1. The van der Waals surface area contributed by atoms with Crippen LogP contribution in [0.25, 0.3) is 0 Å². The van der Waals surface area contributed by atoms with Crippen molar-refractivity contribution in [3.8, 4) is 0 Å². The Morgan fingerprint density at radius 3 is 1.70 bits per heavy atom. The Morgan fingerprint density at radius 2 is 1.21 bits per heavy atom. The first kappa shape index (κ1) is 22.6. The number of anilines is 1. The van der Waals surface area contributed by atoms with Crippen LogP contribution in [0.2, 0.25) is 0 Å². The van der Waals surface area contributed by atoms with Crippen LogP contribution in [0.5, 0.6) is 0 Å². The number of carbonyl (C=O) groups excluding carboxylic acids is 2. The fourth-order valence-electron chi connectivity index (χ4n) is 4.38. The highest BCUT2D eigenvalue weighted by atomic mass is 16.7. The Bertz CT molecular complexity index is 1050. The minimum absolute atomic E-state index is 0.119. The van der Waals surface area contributed by atoms with E-state index in [-0.39, 0.29) is 13.2 Å². The molecular weight excluding hydrogens is 418 g/mol. The minimum Gasteiger partial charge on any atom is -0.465 e. The summed E-state index contributed by atoms with van der Waals surface area (Å²) in [7, 11) is 0. The fraction of sp³-hybridized carbons (Fsp3) is 0.259. The maximum atomic E-state index is 13.8. The second kappa shape index (κ2) is 9.88. The number of para-hydroxylation sites is 1. The van der Waals surface area contributed by atoms with Gasteiger partial charge in [0.25, 0.3) is 0 Å². The van der Waals surface area contributed by atoms with Gasteiger partial charge in [-0.3, -0.25) is 14.4 Å². The second-order valence-electron chi connectivity index (χ2n) is 7.68. The number of esters is 2. The number of rotatable bonds is 7. The average molecular weight is 446 g/mol. The van der Waals surface area contributed by atoms with Crippen molar-refractivity contribution < 1.29 is 23.9 Å². The third-order valence-electron chi connectivity index (χ3n) is 5.75. The van der Waals surface area contributed by atoms with E-state index in [0.717, 1.165) is 5.56 Å². The highest BCUT2D eigenvalue weighted by Crippen LogP contribution is 2.58. The fourth-order valence-corrected chi connectivity index (χ4v) is 4.38. The molecule has 1 saturated heterocycles. The van der Waals surface area contributed by atoms with E-state index in [9.17, 15) is 9.59 Å². The molecule has 33 heavy (non-hydrogen) atoms. The van der Waals surface area contributed by atoms with E-state index in [1.54, 1.807) is 18.9 Å². The van der Waals surface area contributed by atoms with Gasteiger partial charge in [-0.15, -0.1) is 0 Å². The molecule has 6 heteroatoms. The number of ether oxygens (including phenoxy) is 2. The van der Waals surface area contributed by atoms with Gasteiger partial charge in [-0.2, -0.15) is 0 Å². The Morgan fingerprint density at radius 1 is 0.758 bits per heavy atom. The number of carbonyl (C=O) groups is 2. The van der Waals surface area contributed by atoms with Crippen LogP contribution < -0.4 is 5.06 Å². The molecular formula is C27H27NO5. The molecule has 1 fully saturated rings. The summed E-state index contributed by atoms with van der Waals surface area (Å²) in [6.45, 7) is 3.68. The van der Waals surface area contributed by atoms with Gasteiger partial charge in [0.15, 0.2) is 0 Å². The zero-order valence-corrected chi connectivity index (χ0v) is 18.7. The Labute approximate surface area is 193 Å². The largest absolute Gasteiger partial charge is 0.465 e. The molecule has 1 aliphatic rings. The highest BCUT2D eigenvalue weighted by Gasteiger charge is 2.69. The quantitative estimate of drug-likeness (QED) is 0.375. The Balaban J connectivity index is 2.02. The van der Waals surface area contributed by atoms with Gasteiger partial charge in [0.2, 0.25) is 5.41 Å². The monoisotopic (exact) mass is 445 g/mol. The zero-order chi connectivity index (χ0) is 23.3. The van der Waals surface area contributed by atoms with E-state index < -0.39 is 29.5 Å². The summed E-state index contributed by atoms with van der Waals surface area (Å²) in [6.07, 6.45) is -0.956. The second-order valence-corrected chi connectivity index (χ2v) is 7.68. The predicted molar refractivity (Wildman–Crippen MR) is 124 cm³/mol. The summed E-state index contributed by atoms with van der Waals surface area (Å²) in [4.78, 5) is 34.1. The summed E-state index contributed by atoms with van der Waals surface area (Å²) in [5.74, 6) is -1.35. The average Bonchev–Trinajstić information content (AvgIpc) is 3.23. The molecule has 6 nitrogen and oxygen atoms in total. The zero-order valence-electron chi connectivity index (χ0n) is 18.7. The van der Waals surface area contributed by atoms with Gasteiger partial charge in [0.05, 0.1) is 18.9 Å². The maximum absolute atomic E-state index is 13.8. The van der Waals surface area contributed by atoms with Crippen molar-refractivity contribution in [2.45, 2.75) is 26.0 Å². The third kappa shape index (κ3) is 3.98. The summed E-state index contributed by atoms with van der Waals surface area (Å²) >= 11 is 0. The third-order valence-corrected chi connectivity index (χ3v) is 5.75. The number of hydroxylamine groups is 1. The number of hydrogen-bond donors (Lipinski definition) is 0. The molecule has 1 aliphatic heterocycles. The van der Waals surface area contributed by atoms with Crippen LogP contribution in [0, 0.1) is 5.41 Å². The van der Waals surface area contributed by atoms with Gasteiger partial charge in [-0.1, -0.05) is 78.9 Å². The molecule has 0 N–H and O–H groups in total. The maximum Gasteiger partial charge on any atom is 0.329 e. The highest BCUT2D eigenvalue weighted by molar-refractivity contribution is 6.03. The topological polar surface area (TPSA) is 65.1 Å². The standard InChI is InChI=1S/C27H27NO5/c1-3-31-25(29)27(26(30)32-4-2)23(20-14-8-5-9-15-20)28(22-18-12-7-13-19-22)33-24(27)21-16-10-6-11-17-21/h5-19,23-24H,3-4H2,1-2H3/t23-,24-/m0/s1. The molecule has 0 aliphatic carbocycles. The van der Waals surface area contributed by atoms with Crippen molar-refractivity contribution in [1.82, 2.24) is 0 Å². The molecule has 0 saturated carbocycles. The number of benzene rings is 3. The van der Waals surface area contributed by atoms with Crippen LogP contribution in [0.3, 0.4) is 0 Å². The Hall–Kier alpha value is -3.64. The molecule has 0 unspecified atom stereocenters. The van der Waals surface area contributed by atoms with Crippen LogP contribution in [-0.4, -0.2) is 25.2 Å². The molecule has 3 aromatic rings. The lowest BCUT2D eigenvalue weighted by molar-refractivity contribution is -0.177. The first-order valence-electron chi connectivity index (χ1n) is 11.1. The van der Waals surface area contributed by atoms with E-state index in [1.165, 1.54) is 0 Å². The normalized spacial score (nSPS) is 19.2. The lowest BCUT2D eigenvalue weighted by atomic mass is 9.71. The van der Waals surface area contributed by atoms with Gasteiger partial charge >= 0.3 is 11.9 Å². The SMILES string of the molecule is CCOC(=O)C1(C(=O)OCC)[C@H](c2ccccc2)N(c2ccccc2)O[C@H]1c1ccccc1. The van der Waals surface area contributed by atoms with Crippen LogP contribution in [-0.2, 0) is 23.9 Å². The van der Waals surface area contributed by atoms with E-state index >= 15 is 0 Å². The van der Waals surface area contributed by atoms with Crippen LogP contribution in [0.4, 0.5) is 5.69 Å². The van der Waals surface area contributed by atoms with Gasteiger partial charge in [0, 0.05) is 0 Å². The van der Waals surface area contributed by atoms with Gasteiger partial charge in [-0.05, 0) is 37.1 Å². The van der Waals surface area contributed by atoms with Crippen LogP contribution in [0.15, 0.2) is 91.0 Å².